The van der Waals surface area contributed by atoms with Gasteiger partial charge in [0.15, 0.2) is 11.5 Å². The molecule has 0 radical (unpaired) electrons. The average Bonchev–Trinajstić information content (AvgIpc) is 2.75. The maximum absolute atomic E-state index is 13.1. The molecule has 2 rings (SSSR count). The van der Waals surface area contributed by atoms with Crippen molar-refractivity contribution in [2.24, 2.45) is 0 Å². The van der Waals surface area contributed by atoms with Gasteiger partial charge in [0.25, 0.3) is 0 Å². The molecule has 0 aromatic heterocycles. The highest BCUT2D eigenvalue weighted by molar-refractivity contribution is 7.89. The van der Waals surface area contributed by atoms with Crippen molar-refractivity contribution < 1.29 is 32.2 Å². The van der Waals surface area contributed by atoms with Crippen LogP contribution in [0.2, 0.25) is 0 Å². The van der Waals surface area contributed by atoms with Gasteiger partial charge in [0.1, 0.15) is 6.23 Å². The van der Waals surface area contributed by atoms with Crippen LogP contribution in [-0.2, 0) is 24.3 Å². The molecule has 160 valence electrons. The highest BCUT2D eigenvalue weighted by atomic mass is 32.2. The zero-order valence-electron chi connectivity index (χ0n) is 16.3. The van der Waals surface area contributed by atoms with Crippen LogP contribution in [0.1, 0.15) is 6.42 Å². The molecule has 1 aromatic carbocycles. The molecule has 0 bridgehead atoms. The second kappa shape index (κ2) is 10.2. The molecule has 1 fully saturated rings. The normalized spacial score (nSPS) is 17.2. The van der Waals surface area contributed by atoms with Gasteiger partial charge in [-0.1, -0.05) is 6.08 Å². The van der Waals surface area contributed by atoms with Gasteiger partial charge in [-0.3, -0.25) is 9.59 Å². The largest absolute Gasteiger partial charge is 0.493 e. The van der Waals surface area contributed by atoms with Crippen LogP contribution in [0.5, 0.6) is 11.5 Å². The maximum atomic E-state index is 13.1. The van der Waals surface area contributed by atoms with Gasteiger partial charge in [-0.05, 0) is 18.6 Å². The first-order valence-corrected chi connectivity index (χ1v) is 10.3. The summed E-state index contributed by atoms with van der Waals surface area (Å²) in [5.41, 5.74) is 0. The number of hydrogen-bond acceptors (Lipinski definition) is 7. The van der Waals surface area contributed by atoms with Gasteiger partial charge in [0, 0.05) is 19.2 Å². The van der Waals surface area contributed by atoms with Crippen LogP contribution in [0.15, 0.2) is 35.7 Å². The minimum Gasteiger partial charge on any atom is -0.493 e. The van der Waals surface area contributed by atoms with Crippen LogP contribution >= 0.6 is 0 Å². The predicted molar refractivity (Wildman–Crippen MR) is 104 cm³/mol. The molecule has 1 heterocycles. The Morgan fingerprint density at radius 2 is 1.93 bits per heavy atom. The van der Waals surface area contributed by atoms with Gasteiger partial charge < -0.3 is 24.8 Å². The average molecular weight is 427 g/mol. The van der Waals surface area contributed by atoms with Crippen molar-refractivity contribution in [2.75, 3.05) is 40.5 Å². The Morgan fingerprint density at radius 3 is 2.59 bits per heavy atom. The Morgan fingerprint density at radius 1 is 1.24 bits per heavy atom. The molecular weight excluding hydrogens is 402 g/mol. The Balaban J connectivity index is 2.16. The molecule has 1 aliphatic heterocycles. The van der Waals surface area contributed by atoms with E-state index < -0.39 is 28.1 Å². The Hall–Kier alpha value is -2.63. The first-order chi connectivity index (χ1) is 13.8. The molecular formula is C18H25N3O7S. The Kier molecular flexibility index (Phi) is 8.00. The van der Waals surface area contributed by atoms with Crippen molar-refractivity contribution >= 4 is 21.8 Å². The molecule has 0 aliphatic carbocycles. The summed E-state index contributed by atoms with van der Waals surface area (Å²) in [5.74, 6) is -1.05. The SMILES string of the molecule is C=CCNC(=O)C(=O)NC[C@@H]1OCCCN1S(=O)(=O)c1ccc(OC)c(OC)c1. The number of nitrogens with zero attached hydrogens (tertiary/aromatic N) is 1. The second-order valence-corrected chi connectivity index (χ2v) is 7.91. The van der Waals surface area contributed by atoms with Crippen LogP contribution in [0, 0.1) is 0 Å². The van der Waals surface area contributed by atoms with Crippen LogP contribution < -0.4 is 20.1 Å². The summed E-state index contributed by atoms with van der Waals surface area (Å²) in [6, 6.07) is 4.27. The molecule has 10 nitrogen and oxygen atoms in total. The third-order valence-electron chi connectivity index (χ3n) is 4.17. The summed E-state index contributed by atoms with van der Waals surface area (Å²) >= 11 is 0. The van der Waals surface area contributed by atoms with E-state index in [0.717, 1.165) is 4.31 Å². The Bertz CT molecular complexity index is 857. The van der Waals surface area contributed by atoms with E-state index in [9.17, 15) is 18.0 Å². The van der Waals surface area contributed by atoms with Gasteiger partial charge in [0.2, 0.25) is 10.0 Å². The molecule has 2 amide bonds. The number of ether oxygens (including phenoxy) is 3. The quantitative estimate of drug-likeness (QED) is 0.437. The summed E-state index contributed by atoms with van der Waals surface area (Å²) in [5, 5.41) is 4.74. The minimum absolute atomic E-state index is 0.000651. The molecule has 1 atom stereocenters. The molecule has 2 N–H and O–H groups in total. The maximum Gasteiger partial charge on any atom is 0.309 e. The van der Waals surface area contributed by atoms with E-state index in [-0.39, 0.29) is 30.3 Å². The van der Waals surface area contributed by atoms with Gasteiger partial charge in [-0.15, -0.1) is 6.58 Å². The monoisotopic (exact) mass is 427 g/mol. The number of rotatable bonds is 8. The van der Waals surface area contributed by atoms with Crippen LogP contribution in [-0.4, -0.2) is 71.2 Å². The lowest BCUT2D eigenvalue weighted by atomic mass is 10.3. The van der Waals surface area contributed by atoms with Gasteiger partial charge in [-0.2, -0.15) is 4.31 Å². The van der Waals surface area contributed by atoms with E-state index in [1.54, 1.807) is 0 Å². The predicted octanol–water partition coefficient (Wildman–Crippen LogP) is -0.141. The van der Waals surface area contributed by atoms with Crippen LogP contribution in [0.4, 0.5) is 0 Å². The highest BCUT2D eigenvalue weighted by Gasteiger charge is 2.35. The molecule has 1 aliphatic rings. The third-order valence-corrected chi connectivity index (χ3v) is 6.05. The summed E-state index contributed by atoms with van der Waals surface area (Å²) in [6.45, 7) is 3.96. The van der Waals surface area contributed by atoms with E-state index in [1.807, 2.05) is 0 Å². The fraction of sp³-hybridized carbons (Fsp3) is 0.444. The van der Waals surface area contributed by atoms with Crippen molar-refractivity contribution in [3.05, 3.63) is 30.9 Å². The van der Waals surface area contributed by atoms with Gasteiger partial charge >= 0.3 is 11.8 Å². The number of benzene rings is 1. The summed E-state index contributed by atoms with van der Waals surface area (Å²) in [4.78, 5) is 23.5. The molecule has 11 heteroatoms. The number of nitrogens with one attached hydrogen (secondary N) is 2. The number of methoxy groups -OCH3 is 2. The van der Waals surface area contributed by atoms with E-state index in [2.05, 4.69) is 17.2 Å². The standard InChI is InChI=1S/C18H25N3O7S/c1-4-8-19-17(22)18(23)20-12-16-21(9-5-10-28-16)29(24,25)13-6-7-14(26-2)15(11-13)27-3/h4,6-7,11,16H,1,5,8-10,12H2,2-3H3,(H,19,22)(H,20,23)/t16-/m0/s1. The summed E-state index contributed by atoms with van der Waals surface area (Å²) < 4.78 is 43.3. The van der Waals surface area contributed by atoms with Gasteiger partial charge in [0.05, 0.1) is 32.3 Å². The fourth-order valence-corrected chi connectivity index (χ4v) is 4.30. The first kappa shape index (κ1) is 22.7. The number of carbonyl (C=O) groups is 2. The third kappa shape index (κ3) is 5.46. The molecule has 0 spiro atoms. The lowest BCUT2D eigenvalue weighted by Crippen LogP contribution is -2.53. The molecule has 1 saturated heterocycles. The fourth-order valence-electron chi connectivity index (χ4n) is 2.72. The lowest BCUT2D eigenvalue weighted by Gasteiger charge is -2.34. The van der Waals surface area contributed by atoms with E-state index in [4.69, 9.17) is 14.2 Å². The number of carbonyl (C=O) groups excluding carboxylic acids is 2. The molecule has 1 aromatic rings. The van der Waals surface area contributed by atoms with Crippen LogP contribution in [0.3, 0.4) is 0 Å². The summed E-state index contributed by atoms with van der Waals surface area (Å²) in [7, 11) is -1.08. The van der Waals surface area contributed by atoms with Crippen molar-refractivity contribution in [1.29, 1.82) is 0 Å². The lowest BCUT2D eigenvalue weighted by molar-refractivity contribution is -0.140. The zero-order chi connectivity index (χ0) is 21.4. The van der Waals surface area contributed by atoms with Crippen molar-refractivity contribution in [1.82, 2.24) is 14.9 Å². The highest BCUT2D eigenvalue weighted by Crippen LogP contribution is 2.31. The van der Waals surface area contributed by atoms with Crippen molar-refractivity contribution in [2.45, 2.75) is 17.5 Å². The van der Waals surface area contributed by atoms with E-state index in [1.165, 1.54) is 38.5 Å². The number of hydrogen-bond donors (Lipinski definition) is 2. The summed E-state index contributed by atoms with van der Waals surface area (Å²) in [6.07, 6.45) is 0.988. The smallest absolute Gasteiger partial charge is 0.309 e. The second-order valence-electron chi connectivity index (χ2n) is 6.02. The molecule has 0 unspecified atom stereocenters. The van der Waals surface area contributed by atoms with Crippen LogP contribution in [0.25, 0.3) is 0 Å². The zero-order valence-corrected chi connectivity index (χ0v) is 17.2. The van der Waals surface area contributed by atoms with E-state index >= 15 is 0 Å². The molecule has 29 heavy (non-hydrogen) atoms. The first-order valence-electron chi connectivity index (χ1n) is 8.87. The van der Waals surface area contributed by atoms with Crippen molar-refractivity contribution in [3.8, 4) is 11.5 Å². The van der Waals surface area contributed by atoms with E-state index in [0.29, 0.717) is 18.8 Å². The minimum atomic E-state index is -3.94. The number of sulfonamides is 1. The van der Waals surface area contributed by atoms with Gasteiger partial charge in [-0.25, -0.2) is 8.42 Å². The number of amides is 2. The topological polar surface area (TPSA) is 123 Å². The van der Waals surface area contributed by atoms with Crippen molar-refractivity contribution in [3.63, 3.8) is 0 Å². The Labute approximate surface area is 169 Å². The molecule has 0 saturated carbocycles.